The van der Waals surface area contributed by atoms with Crippen LogP contribution in [-0.4, -0.2) is 34.4 Å². The van der Waals surface area contributed by atoms with Gasteiger partial charge in [0.15, 0.2) is 0 Å². The van der Waals surface area contributed by atoms with Crippen molar-refractivity contribution >= 4 is 5.95 Å². The quantitative estimate of drug-likeness (QED) is 0.870. The highest BCUT2D eigenvalue weighted by Crippen LogP contribution is 2.32. The smallest absolute Gasteiger partial charge is 0.266 e. The largest absolute Gasteiger partial charge is 0.393 e. The molecule has 1 saturated carbocycles. The second-order valence-corrected chi connectivity index (χ2v) is 4.62. The van der Waals surface area contributed by atoms with Gasteiger partial charge in [0.1, 0.15) is 0 Å². The molecule has 1 aromatic heterocycles. The Morgan fingerprint density at radius 3 is 2.76 bits per heavy atom. The van der Waals surface area contributed by atoms with Gasteiger partial charge in [0.05, 0.1) is 6.10 Å². The molecule has 0 bridgehead atoms. The molecule has 2 unspecified atom stereocenters. The van der Waals surface area contributed by atoms with Crippen molar-refractivity contribution in [3.63, 3.8) is 0 Å². The molecule has 1 N–H and O–H groups in total. The number of aliphatic hydroxyl groups excluding tert-OH is 1. The first-order chi connectivity index (χ1) is 8.24. The average Bonchev–Trinajstić information content (AvgIpc) is 2.80. The van der Waals surface area contributed by atoms with Gasteiger partial charge in [0.2, 0.25) is 5.89 Å². The lowest BCUT2D eigenvalue weighted by Gasteiger charge is -2.22. The Bertz CT molecular complexity index is 349. The van der Waals surface area contributed by atoms with Gasteiger partial charge in [-0.3, -0.25) is 0 Å². The summed E-state index contributed by atoms with van der Waals surface area (Å²) in [6.07, 6.45) is 3.51. The van der Waals surface area contributed by atoms with E-state index in [2.05, 4.69) is 28.9 Å². The van der Waals surface area contributed by atoms with Gasteiger partial charge in [-0.15, -0.1) is 0 Å². The van der Waals surface area contributed by atoms with E-state index in [1.165, 1.54) is 0 Å². The molecule has 0 saturated heterocycles. The van der Waals surface area contributed by atoms with E-state index in [1.54, 1.807) is 0 Å². The summed E-state index contributed by atoms with van der Waals surface area (Å²) in [7, 11) is 0. The van der Waals surface area contributed by atoms with Crippen molar-refractivity contribution in [1.82, 2.24) is 10.1 Å². The Hall–Kier alpha value is -1.10. The number of aromatic nitrogens is 2. The first kappa shape index (κ1) is 12.4. The van der Waals surface area contributed by atoms with Crippen molar-refractivity contribution in [2.75, 3.05) is 18.0 Å². The standard InChI is InChI=1S/C12H21N3O2/c1-3-15(4-2)12-13-11(17-14-12)9-6-5-7-10(16)8-9/h9-10,16H,3-8H2,1-2H3. The summed E-state index contributed by atoms with van der Waals surface area (Å²) in [5.41, 5.74) is 0. The highest BCUT2D eigenvalue weighted by molar-refractivity contribution is 5.27. The molecule has 1 aliphatic rings. The summed E-state index contributed by atoms with van der Waals surface area (Å²) in [4.78, 5) is 6.51. The minimum absolute atomic E-state index is 0.211. The summed E-state index contributed by atoms with van der Waals surface area (Å²) >= 11 is 0. The van der Waals surface area contributed by atoms with Gasteiger partial charge < -0.3 is 14.5 Å². The number of anilines is 1. The molecule has 5 heteroatoms. The van der Waals surface area contributed by atoms with Crippen LogP contribution in [0.2, 0.25) is 0 Å². The van der Waals surface area contributed by atoms with Gasteiger partial charge in [-0.25, -0.2) is 0 Å². The van der Waals surface area contributed by atoms with Crippen LogP contribution in [0.4, 0.5) is 5.95 Å². The predicted octanol–water partition coefficient (Wildman–Crippen LogP) is 1.93. The summed E-state index contributed by atoms with van der Waals surface area (Å²) in [6, 6.07) is 0. The van der Waals surface area contributed by atoms with Crippen LogP contribution in [0.25, 0.3) is 0 Å². The van der Waals surface area contributed by atoms with E-state index in [1.807, 2.05) is 0 Å². The predicted molar refractivity (Wildman–Crippen MR) is 65.1 cm³/mol. The molecule has 17 heavy (non-hydrogen) atoms. The van der Waals surface area contributed by atoms with Crippen molar-refractivity contribution in [2.24, 2.45) is 0 Å². The number of rotatable bonds is 4. The second kappa shape index (κ2) is 5.49. The lowest BCUT2D eigenvalue weighted by Crippen LogP contribution is -2.23. The molecule has 5 nitrogen and oxygen atoms in total. The molecule has 1 heterocycles. The summed E-state index contributed by atoms with van der Waals surface area (Å²) in [6.45, 7) is 5.90. The van der Waals surface area contributed by atoms with Crippen molar-refractivity contribution in [3.8, 4) is 0 Å². The van der Waals surface area contributed by atoms with Crippen LogP contribution < -0.4 is 4.90 Å². The molecule has 1 aliphatic carbocycles. The molecule has 1 fully saturated rings. The zero-order valence-corrected chi connectivity index (χ0v) is 10.6. The Morgan fingerprint density at radius 2 is 2.12 bits per heavy atom. The number of hydrogen-bond donors (Lipinski definition) is 1. The molecule has 2 atom stereocenters. The minimum atomic E-state index is -0.211. The molecule has 0 aromatic carbocycles. The third-order valence-corrected chi connectivity index (χ3v) is 3.47. The van der Waals surface area contributed by atoms with Crippen molar-refractivity contribution in [2.45, 2.75) is 51.6 Å². The SMILES string of the molecule is CCN(CC)c1noc(C2CCCC(O)C2)n1. The highest BCUT2D eigenvalue weighted by atomic mass is 16.5. The third kappa shape index (κ3) is 2.77. The molecule has 2 rings (SSSR count). The van der Waals surface area contributed by atoms with E-state index in [0.717, 1.165) is 38.8 Å². The Labute approximate surface area is 102 Å². The summed E-state index contributed by atoms with van der Waals surface area (Å²) < 4.78 is 5.32. The van der Waals surface area contributed by atoms with Crippen LogP contribution in [-0.2, 0) is 0 Å². The van der Waals surface area contributed by atoms with Gasteiger partial charge in [0.25, 0.3) is 5.95 Å². The molecular formula is C12H21N3O2. The Balaban J connectivity index is 2.06. The Kier molecular flexibility index (Phi) is 3.99. The number of nitrogens with zero attached hydrogens (tertiary/aromatic N) is 3. The topological polar surface area (TPSA) is 62.4 Å². The van der Waals surface area contributed by atoms with Gasteiger partial charge >= 0.3 is 0 Å². The molecule has 96 valence electrons. The van der Waals surface area contributed by atoms with E-state index in [4.69, 9.17) is 4.52 Å². The summed E-state index contributed by atoms with van der Waals surface area (Å²) in [5.74, 6) is 1.59. The van der Waals surface area contributed by atoms with E-state index in [-0.39, 0.29) is 12.0 Å². The fraction of sp³-hybridized carbons (Fsp3) is 0.833. The molecule has 1 aromatic rings. The van der Waals surface area contributed by atoms with E-state index in [0.29, 0.717) is 11.8 Å². The van der Waals surface area contributed by atoms with E-state index in [9.17, 15) is 5.11 Å². The first-order valence-corrected chi connectivity index (χ1v) is 6.51. The van der Waals surface area contributed by atoms with Crippen LogP contribution in [0.3, 0.4) is 0 Å². The molecule has 0 aliphatic heterocycles. The van der Waals surface area contributed by atoms with Crippen LogP contribution >= 0.6 is 0 Å². The maximum atomic E-state index is 9.65. The third-order valence-electron chi connectivity index (χ3n) is 3.47. The van der Waals surface area contributed by atoms with E-state index >= 15 is 0 Å². The van der Waals surface area contributed by atoms with Crippen molar-refractivity contribution in [1.29, 1.82) is 0 Å². The lowest BCUT2D eigenvalue weighted by molar-refractivity contribution is 0.111. The maximum Gasteiger partial charge on any atom is 0.266 e. The van der Waals surface area contributed by atoms with Crippen LogP contribution in [0.15, 0.2) is 4.52 Å². The van der Waals surface area contributed by atoms with Crippen LogP contribution in [0.5, 0.6) is 0 Å². The first-order valence-electron chi connectivity index (χ1n) is 6.51. The monoisotopic (exact) mass is 239 g/mol. The minimum Gasteiger partial charge on any atom is -0.393 e. The van der Waals surface area contributed by atoms with Crippen molar-refractivity contribution < 1.29 is 9.63 Å². The van der Waals surface area contributed by atoms with Gasteiger partial charge in [-0.05, 0) is 38.3 Å². The summed E-state index contributed by atoms with van der Waals surface area (Å²) in [5, 5.41) is 13.7. The Morgan fingerprint density at radius 1 is 1.35 bits per heavy atom. The van der Waals surface area contributed by atoms with Gasteiger partial charge in [0, 0.05) is 19.0 Å². The molecule has 0 spiro atoms. The molecule has 0 amide bonds. The van der Waals surface area contributed by atoms with E-state index < -0.39 is 0 Å². The normalized spacial score (nSPS) is 24.9. The lowest BCUT2D eigenvalue weighted by atomic mass is 9.87. The van der Waals surface area contributed by atoms with Gasteiger partial charge in [-0.2, -0.15) is 4.98 Å². The van der Waals surface area contributed by atoms with Crippen LogP contribution in [0.1, 0.15) is 51.3 Å². The zero-order valence-electron chi connectivity index (χ0n) is 10.6. The van der Waals surface area contributed by atoms with Gasteiger partial charge in [-0.1, -0.05) is 6.42 Å². The van der Waals surface area contributed by atoms with Crippen LogP contribution in [0, 0.1) is 0 Å². The number of hydrogen-bond acceptors (Lipinski definition) is 5. The van der Waals surface area contributed by atoms with Crippen molar-refractivity contribution in [3.05, 3.63) is 5.89 Å². The average molecular weight is 239 g/mol. The number of aliphatic hydroxyl groups is 1. The molecule has 0 radical (unpaired) electrons. The second-order valence-electron chi connectivity index (χ2n) is 4.62. The zero-order chi connectivity index (χ0) is 12.3. The fourth-order valence-corrected chi connectivity index (χ4v) is 2.42. The maximum absolute atomic E-state index is 9.65. The molecular weight excluding hydrogens is 218 g/mol. The fourth-order valence-electron chi connectivity index (χ4n) is 2.42. The highest BCUT2D eigenvalue weighted by Gasteiger charge is 2.26.